The molecule has 1 saturated heterocycles. The molecule has 5 nitrogen and oxygen atoms in total. The van der Waals surface area contributed by atoms with E-state index < -0.39 is 0 Å². The lowest BCUT2D eigenvalue weighted by atomic mass is 10.1. The molecule has 0 aliphatic carbocycles. The Balaban J connectivity index is 1.56. The number of benzene rings is 2. The fraction of sp³-hybridized carbons (Fsp3) is 0.381. The third kappa shape index (κ3) is 5.05. The second-order valence-electron chi connectivity index (χ2n) is 6.82. The first-order valence-corrected chi connectivity index (χ1v) is 9.22. The van der Waals surface area contributed by atoms with Crippen LogP contribution in [-0.4, -0.2) is 50.2 Å². The van der Waals surface area contributed by atoms with Gasteiger partial charge in [-0.15, -0.1) is 0 Å². The number of nitrogens with zero attached hydrogens (tertiary/aromatic N) is 2. The molecule has 6 heteroatoms. The van der Waals surface area contributed by atoms with Crippen LogP contribution in [0.25, 0.3) is 0 Å². The van der Waals surface area contributed by atoms with Crippen molar-refractivity contribution in [3.63, 3.8) is 0 Å². The van der Waals surface area contributed by atoms with Crippen molar-refractivity contribution in [3.05, 3.63) is 59.9 Å². The van der Waals surface area contributed by atoms with Crippen molar-refractivity contribution in [3.8, 4) is 0 Å². The van der Waals surface area contributed by atoms with Crippen molar-refractivity contribution in [1.29, 1.82) is 0 Å². The molecule has 0 radical (unpaired) electrons. The lowest BCUT2D eigenvalue weighted by Gasteiger charge is -2.29. The first-order chi connectivity index (χ1) is 13.0. The predicted molar refractivity (Wildman–Crippen MR) is 105 cm³/mol. The Morgan fingerprint density at radius 3 is 2.52 bits per heavy atom. The zero-order valence-corrected chi connectivity index (χ0v) is 15.8. The molecule has 1 heterocycles. The minimum atomic E-state index is -0.386. The van der Waals surface area contributed by atoms with E-state index in [0.29, 0.717) is 12.1 Å². The predicted octanol–water partition coefficient (Wildman–Crippen LogP) is 3.12. The van der Waals surface area contributed by atoms with E-state index in [0.717, 1.165) is 37.7 Å². The van der Waals surface area contributed by atoms with Gasteiger partial charge in [-0.05, 0) is 44.3 Å². The van der Waals surface area contributed by atoms with Crippen molar-refractivity contribution in [2.75, 3.05) is 43.6 Å². The summed E-state index contributed by atoms with van der Waals surface area (Å²) in [5.41, 5.74) is 2.46. The number of hydrogen-bond donors (Lipinski definition) is 1. The van der Waals surface area contributed by atoms with Crippen LogP contribution in [0.2, 0.25) is 0 Å². The Kier molecular flexibility index (Phi) is 6.42. The summed E-state index contributed by atoms with van der Waals surface area (Å²) in [5.74, 6) is -0.372. The number of morpholine rings is 1. The SMILES string of the molecule is C[C@H](C(=O)Nc1ccc(N2CCOCC2)cc1)N(C)Cc1ccccc1F. The van der Waals surface area contributed by atoms with Crippen molar-refractivity contribution < 1.29 is 13.9 Å². The molecule has 0 spiro atoms. The zero-order chi connectivity index (χ0) is 19.2. The highest BCUT2D eigenvalue weighted by Crippen LogP contribution is 2.19. The van der Waals surface area contributed by atoms with Gasteiger partial charge in [0.05, 0.1) is 19.3 Å². The Bertz CT molecular complexity index is 760. The van der Waals surface area contributed by atoms with Gasteiger partial charge in [0.25, 0.3) is 0 Å². The third-order valence-corrected chi connectivity index (χ3v) is 4.93. The highest BCUT2D eigenvalue weighted by Gasteiger charge is 2.19. The van der Waals surface area contributed by atoms with Crippen LogP contribution in [-0.2, 0) is 16.1 Å². The van der Waals surface area contributed by atoms with Crippen LogP contribution in [0.5, 0.6) is 0 Å². The molecule has 27 heavy (non-hydrogen) atoms. The maximum absolute atomic E-state index is 13.8. The van der Waals surface area contributed by atoms with Gasteiger partial charge in [0.15, 0.2) is 0 Å². The van der Waals surface area contributed by atoms with Crippen LogP contribution < -0.4 is 10.2 Å². The van der Waals surface area contributed by atoms with Gasteiger partial charge in [-0.1, -0.05) is 18.2 Å². The number of anilines is 2. The molecule has 2 aromatic carbocycles. The van der Waals surface area contributed by atoms with Gasteiger partial charge in [-0.2, -0.15) is 0 Å². The van der Waals surface area contributed by atoms with Crippen LogP contribution in [0.1, 0.15) is 12.5 Å². The molecule has 0 unspecified atom stereocenters. The van der Waals surface area contributed by atoms with E-state index in [-0.39, 0.29) is 17.8 Å². The maximum Gasteiger partial charge on any atom is 0.241 e. The number of carbonyl (C=O) groups is 1. The standard InChI is InChI=1S/C21H26FN3O2/c1-16(24(2)15-17-5-3-4-6-20(17)22)21(26)23-18-7-9-19(10-8-18)25-11-13-27-14-12-25/h3-10,16H,11-15H2,1-2H3,(H,23,26)/t16-/m1/s1. The first kappa shape index (κ1) is 19.3. The van der Waals surface area contributed by atoms with Crippen LogP contribution in [0, 0.1) is 5.82 Å². The number of rotatable bonds is 6. The zero-order valence-electron chi connectivity index (χ0n) is 15.8. The fourth-order valence-corrected chi connectivity index (χ4v) is 3.06. The molecule has 1 fully saturated rings. The topological polar surface area (TPSA) is 44.8 Å². The molecule has 0 saturated carbocycles. The Morgan fingerprint density at radius 1 is 1.19 bits per heavy atom. The molecule has 0 aromatic heterocycles. The summed E-state index contributed by atoms with van der Waals surface area (Å²) in [5, 5.41) is 2.94. The molecular formula is C21H26FN3O2. The minimum Gasteiger partial charge on any atom is -0.378 e. The second-order valence-corrected chi connectivity index (χ2v) is 6.82. The van der Waals surface area contributed by atoms with Gasteiger partial charge in [0.2, 0.25) is 5.91 Å². The van der Waals surface area contributed by atoms with Crippen LogP contribution in [0.3, 0.4) is 0 Å². The summed E-state index contributed by atoms with van der Waals surface area (Å²) in [6.07, 6.45) is 0. The molecule has 2 aromatic rings. The van der Waals surface area contributed by atoms with Crippen LogP contribution in [0.4, 0.5) is 15.8 Å². The van der Waals surface area contributed by atoms with Crippen molar-refractivity contribution in [2.24, 2.45) is 0 Å². The van der Waals surface area contributed by atoms with Gasteiger partial charge < -0.3 is 15.0 Å². The van der Waals surface area contributed by atoms with E-state index in [1.807, 2.05) is 43.1 Å². The van der Waals surface area contributed by atoms with E-state index in [9.17, 15) is 9.18 Å². The summed E-state index contributed by atoms with van der Waals surface area (Å²) >= 11 is 0. The van der Waals surface area contributed by atoms with Crippen molar-refractivity contribution in [1.82, 2.24) is 4.90 Å². The average molecular weight is 371 g/mol. The van der Waals surface area contributed by atoms with E-state index >= 15 is 0 Å². The monoisotopic (exact) mass is 371 g/mol. The second kappa shape index (κ2) is 8.97. The van der Waals surface area contributed by atoms with Crippen LogP contribution in [0.15, 0.2) is 48.5 Å². The number of amides is 1. The van der Waals surface area contributed by atoms with Gasteiger partial charge in [0, 0.05) is 36.6 Å². The molecule has 1 aliphatic rings. The van der Waals surface area contributed by atoms with Gasteiger partial charge in [0.1, 0.15) is 5.82 Å². The molecule has 1 amide bonds. The van der Waals surface area contributed by atoms with Gasteiger partial charge in [-0.3, -0.25) is 9.69 Å². The Hall–Kier alpha value is -2.44. The smallest absolute Gasteiger partial charge is 0.241 e. The van der Waals surface area contributed by atoms with Crippen molar-refractivity contribution in [2.45, 2.75) is 19.5 Å². The molecular weight excluding hydrogens is 345 g/mol. The Labute approximate surface area is 159 Å². The number of hydrogen-bond acceptors (Lipinski definition) is 4. The van der Waals surface area contributed by atoms with E-state index in [2.05, 4.69) is 10.2 Å². The quantitative estimate of drug-likeness (QED) is 0.847. The van der Waals surface area contributed by atoms with E-state index in [4.69, 9.17) is 4.74 Å². The minimum absolute atomic E-state index is 0.118. The number of likely N-dealkylation sites (N-methyl/N-ethyl adjacent to an activating group) is 1. The number of carbonyl (C=O) groups excluding carboxylic acids is 1. The average Bonchev–Trinajstić information content (AvgIpc) is 2.70. The fourth-order valence-electron chi connectivity index (χ4n) is 3.06. The summed E-state index contributed by atoms with van der Waals surface area (Å²) in [6.45, 7) is 5.43. The summed E-state index contributed by atoms with van der Waals surface area (Å²) < 4.78 is 19.2. The molecule has 1 atom stereocenters. The number of halogens is 1. The first-order valence-electron chi connectivity index (χ1n) is 9.22. The Morgan fingerprint density at radius 2 is 1.85 bits per heavy atom. The largest absolute Gasteiger partial charge is 0.378 e. The number of nitrogens with one attached hydrogen (secondary N) is 1. The van der Waals surface area contributed by atoms with Gasteiger partial charge in [-0.25, -0.2) is 4.39 Å². The summed E-state index contributed by atoms with van der Waals surface area (Å²) in [7, 11) is 1.82. The van der Waals surface area contributed by atoms with Crippen LogP contribution >= 0.6 is 0 Å². The molecule has 1 N–H and O–H groups in total. The summed E-state index contributed by atoms with van der Waals surface area (Å²) in [4.78, 5) is 16.6. The molecule has 0 bridgehead atoms. The normalized spacial score (nSPS) is 15.6. The highest BCUT2D eigenvalue weighted by atomic mass is 19.1. The molecule has 3 rings (SSSR count). The maximum atomic E-state index is 13.8. The van der Waals surface area contributed by atoms with Crippen molar-refractivity contribution >= 4 is 17.3 Å². The summed E-state index contributed by atoms with van der Waals surface area (Å²) in [6, 6.07) is 14.1. The lowest BCUT2D eigenvalue weighted by Crippen LogP contribution is -2.39. The highest BCUT2D eigenvalue weighted by molar-refractivity contribution is 5.94. The lowest BCUT2D eigenvalue weighted by molar-refractivity contribution is -0.120. The number of ether oxygens (including phenoxy) is 1. The third-order valence-electron chi connectivity index (χ3n) is 4.93. The van der Waals surface area contributed by atoms with Gasteiger partial charge >= 0.3 is 0 Å². The molecule has 1 aliphatic heterocycles. The van der Waals surface area contributed by atoms with E-state index in [1.165, 1.54) is 6.07 Å². The van der Waals surface area contributed by atoms with E-state index in [1.54, 1.807) is 18.2 Å². The molecule has 144 valence electrons.